The van der Waals surface area contributed by atoms with Gasteiger partial charge in [0.2, 0.25) is 0 Å². The Kier molecular flexibility index (Phi) is 0.517. The molecule has 6 nitrogen and oxygen atoms in total. The topological polar surface area (TPSA) is 86.3 Å². The van der Waals surface area contributed by atoms with Gasteiger partial charge in [-0.25, -0.2) is 0 Å². The molecule has 0 radical (unpaired) electrons. The summed E-state index contributed by atoms with van der Waals surface area (Å²) < 4.78 is 0.251. The molecule has 10 fully saturated rings. The van der Waals surface area contributed by atoms with E-state index in [1.54, 1.807) is 12.2 Å². The number of allylic oxidation sites excluding steroid dienone is 6. The molecule has 2 aliphatic carbocycles. The van der Waals surface area contributed by atoms with Crippen LogP contribution in [0.5, 0.6) is 0 Å². The van der Waals surface area contributed by atoms with Gasteiger partial charge in [0.15, 0.2) is 0 Å². The van der Waals surface area contributed by atoms with Crippen molar-refractivity contribution in [3.8, 4) is 0 Å². The van der Waals surface area contributed by atoms with Crippen molar-refractivity contribution < 1.29 is 16.4 Å². The van der Waals surface area contributed by atoms with E-state index in [0.29, 0.717) is 11.4 Å². The first-order valence-electron chi connectivity index (χ1n) is 10.1. The fraction of sp³-hybridized carbons (Fsp3) is 0.600. The number of rotatable bonds is 4. The van der Waals surface area contributed by atoms with Crippen molar-refractivity contribution in [3.63, 3.8) is 0 Å². The number of hydrogen-bond donors (Lipinski definition) is 0. The predicted octanol–water partition coefficient (Wildman–Crippen LogP) is 5.10. The maximum atomic E-state index is 11.9. The van der Waals surface area contributed by atoms with Crippen LogP contribution < -0.4 is 0 Å². The third-order valence-electron chi connectivity index (χ3n) is 17.9. The Morgan fingerprint density at radius 2 is 1.19 bits per heavy atom. The molecule has 0 amide bonds. The summed E-state index contributed by atoms with van der Waals surface area (Å²) in [4.78, 5) is 30.9. The Hall–Kier alpha value is -1.72. The minimum absolute atomic E-state index is 0.126. The number of nitro groups is 2. The summed E-state index contributed by atoms with van der Waals surface area (Å²) in [6.07, 6.45) is 9.02. The van der Waals surface area contributed by atoms with Gasteiger partial charge in [0.25, 0.3) is 0 Å². The van der Waals surface area contributed by atoms with E-state index in [0.717, 1.165) is 51.4 Å². The molecule has 12 rings (SSSR count). The van der Waals surface area contributed by atoms with E-state index in [1.165, 1.54) is 11.1 Å². The van der Waals surface area contributed by atoms with E-state index in [2.05, 4.69) is 0 Å². The van der Waals surface area contributed by atoms with E-state index in [1.807, 2.05) is 12.2 Å². The van der Waals surface area contributed by atoms with Crippen molar-refractivity contribution in [2.45, 2.75) is 60.0 Å². The number of nitrogens with zero attached hydrogens (tertiary/aromatic N) is 2. The third-order valence-corrected chi connectivity index (χ3v) is 60.8. The van der Waals surface area contributed by atoms with Gasteiger partial charge in [0, 0.05) is 0 Å². The van der Waals surface area contributed by atoms with Gasteiger partial charge in [0.05, 0.1) is 0 Å². The molecule has 27 heavy (non-hydrogen) atoms. The molecule has 4 unspecified atom stereocenters. The average Bonchev–Trinajstić information content (AvgIpc) is 3.49. The van der Waals surface area contributed by atoms with Crippen LogP contribution in [0.4, 0.5) is 0 Å². The third kappa shape index (κ3) is 0.171. The average molecular weight is 404 g/mol. The summed E-state index contributed by atoms with van der Waals surface area (Å²) in [6.45, 7) is -4.02. The molecule has 4 atom stereocenters. The molecule has 10 saturated heterocycles. The first-order valence-corrected chi connectivity index (χ1v) is 16.3. The molecule has 10 heterocycles. The predicted molar refractivity (Wildman–Crippen MR) is 90.9 cm³/mol. The molecule has 0 bridgehead atoms. The number of fused-ring (bicyclic) bond motifs is 10. The Balaban J connectivity index is 1.35. The summed E-state index contributed by atoms with van der Waals surface area (Å²) in [5.74, 6) is 0. The molecule has 1 spiro atoms. The van der Waals surface area contributed by atoms with Crippen LogP contribution in [0.1, 0.15) is 12.8 Å². The van der Waals surface area contributed by atoms with Gasteiger partial charge in [-0.1, -0.05) is 0 Å². The standard InChI is InChI=1S/C15H11N2O4.C5H5.Fe/c18-16(19)14-8-2-6-12(14)10-4-1-5-11(10)13-7-3-9-15(13)17(20)21;1-2-4-5-3-1;/h1-5,8-9H,6-7H2;1-5H;. The van der Waals surface area contributed by atoms with Crippen LogP contribution in [0.2, 0.25) is 47.2 Å². The van der Waals surface area contributed by atoms with E-state index in [-0.39, 0.29) is 18.5 Å². The van der Waals surface area contributed by atoms with Crippen LogP contribution in [0.25, 0.3) is 0 Å². The van der Waals surface area contributed by atoms with Crippen molar-refractivity contribution in [1.82, 2.24) is 0 Å². The van der Waals surface area contributed by atoms with Crippen LogP contribution in [0.3, 0.4) is 0 Å². The molecule has 0 saturated carbocycles. The van der Waals surface area contributed by atoms with Gasteiger partial charge >= 0.3 is 143 Å². The van der Waals surface area contributed by atoms with Crippen molar-refractivity contribution in [2.75, 3.05) is 0 Å². The van der Waals surface area contributed by atoms with Crippen LogP contribution in [-0.4, -0.2) is 9.85 Å². The molecule has 0 aromatic heterocycles. The van der Waals surface area contributed by atoms with Gasteiger partial charge in [-0.05, 0) is 0 Å². The molecule has 12 aliphatic rings. The van der Waals surface area contributed by atoms with Crippen molar-refractivity contribution >= 4 is 0 Å². The molecular formula is C20H16FeN2O4. The Morgan fingerprint density at radius 1 is 0.778 bits per heavy atom. The number of hydrogen-bond acceptors (Lipinski definition) is 4. The van der Waals surface area contributed by atoms with Gasteiger partial charge in [-0.2, -0.15) is 0 Å². The quantitative estimate of drug-likeness (QED) is 0.371. The zero-order valence-corrected chi connectivity index (χ0v) is 15.3. The maximum absolute atomic E-state index is 11.9. The van der Waals surface area contributed by atoms with Crippen molar-refractivity contribution in [2.24, 2.45) is 0 Å². The van der Waals surface area contributed by atoms with E-state index >= 15 is 0 Å². The monoisotopic (exact) mass is 404 g/mol. The molecular weight excluding hydrogens is 388 g/mol. The zero-order valence-electron chi connectivity index (χ0n) is 14.2. The first kappa shape index (κ1) is 11.3. The van der Waals surface area contributed by atoms with Crippen LogP contribution in [0, 0.1) is 20.2 Å². The Labute approximate surface area is 143 Å². The fourth-order valence-corrected chi connectivity index (χ4v) is 96.8. The summed E-state index contributed by atoms with van der Waals surface area (Å²) in [5.41, 5.74) is 3.13. The molecule has 0 N–H and O–H groups in total. The normalized spacial score (nSPS) is 87.0. The second-order valence-electron chi connectivity index (χ2n) is 13.2. The molecule has 10 aliphatic heterocycles. The van der Waals surface area contributed by atoms with Gasteiger partial charge in [-0.3, -0.25) is 0 Å². The second-order valence-corrected chi connectivity index (χ2v) is 36.4. The van der Waals surface area contributed by atoms with Gasteiger partial charge < -0.3 is 0 Å². The van der Waals surface area contributed by atoms with Crippen LogP contribution >= 0.6 is 0 Å². The zero-order chi connectivity index (χ0) is 17.6. The summed E-state index contributed by atoms with van der Waals surface area (Å²) in [7, 11) is 0. The van der Waals surface area contributed by atoms with E-state index in [9.17, 15) is 20.2 Å². The van der Waals surface area contributed by atoms with E-state index < -0.39 is 6.51 Å². The Morgan fingerprint density at radius 3 is 1.48 bits per heavy atom. The van der Waals surface area contributed by atoms with Gasteiger partial charge in [-0.15, -0.1) is 0 Å². The fourth-order valence-electron chi connectivity index (χ4n) is 20.3. The summed E-state index contributed by atoms with van der Waals surface area (Å²) in [6, 6.07) is 0. The van der Waals surface area contributed by atoms with Crippen LogP contribution in [-0.2, 0) is 6.51 Å². The van der Waals surface area contributed by atoms with Crippen molar-refractivity contribution in [1.29, 1.82) is 0 Å². The summed E-state index contributed by atoms with van der Waals surface area (Å²) >= 11 is 0. The first-order chi connectivity index (χ1) is 12.8. The molecule has 138 valence electrons. The molecule has 0 aromatic carbocycles. The molecule has 7 heteroatoms. The van der Waals surface area contributed by atoms with Crippen molar-refractivity contribution in [3.05, 3.63) is 67.1 Å². The summed E-state index contributed by atoms with van der Waals surface area (Å²) in [5, 5.41) is 23.8. The minimum atomic E-state index is -4.02. The SMILES string of the molecule is O=[N+]([O-])C1=C([C]23[CH]4[CH]5[CH]6[C]2(C2=C([N+](=O)[O-])C=CC2)[Fe]54632789[CH]3[CH]2[CH]7[CH]8[CH]39)CC=C1. The van der Waals surface area contributed by atoms with Crippen LogP contribution in [0.15, 0.2) is 46.8 Å². The Bertz CT molecular complexity index is 1510. The molecule has 0 aromatic rings. The second kappa shape index (κ2) is 1.23. The van der Waals surface area contributed by atoms with E-state index in [4.69, 9.17) is 0 Å². The van der Waals surface area contributed by atoms with Gasteiger partial charge in [0.1, 0.15) is 0 Å².